The van der Waals surface area contributed by atoms with E-state index in [0.29, 0.717) is 17.7 Å². The molecule has 0 bridgehead atoms. The number of halogens is 1. The van der Waals surface area contributed by atoms with Crippen molar-refractivity contribution in [3.05, 3.63) is 82.0 Å². The molecule has 0 saturated heterocycles. The maximum Gasteiger partial charge on any atom is 0.192 e. The molecule has 4 heteroatoms. The molecule has 1 aliphatic rings. The van der Waals surface area contributed by atoms with E-state index in [9.17, 15) is 9.18 Å². The Morgan fingerprint density at radius 3 is 2.50 bits per heavy atom. The molecule has 2 heterocycles. The number of pyridine rings is 1. The van der Waals surface area contributed by atoms with Crippen molar-refractivity contribution in [2.45, 2.75) is 33.9 Å². The quantitative estimate of drug-likeness (QED) is 0.812. The zero-order valence-corrected chi connectivity index (χ0v) is 15.7. The van der Waals surface area contributed by atoms with Crippen molar-refractivity contribution in [3.63, 3.8) is 0 Å². The van der Waals surface area contributed by atoms with E-state index in [1.54, 1.807) is 12.1 Å². The second kappa shape index (κ2) is 6.94. The lowest BCUT2D eigenvalue weighted by Crippen LogP contribution is -2.35. The lowest BCUT2D eigenvalue weighted by molar-refractivity contribution is 0.342. The van der Waals surface area contributed by atoms with Crippen LogP contribution in [-0.4, -0.2) is 16.0 Å². The molecule has 3 nitrogen and oxygen atoms in total. The van der Waals surface area contributed by atoms with Crippen LogP contribution in [0.4, 0.5) is 4.39 Å². The van der Waals surface area contributed by atoms with Crippen molar-refractivity contribution >= 4 is 11.3 Å². The molecule has 0 fully saturated rings. The van der Waals surface area contributed by atoms with E-state index in [0.717, 1.165) is 35.6 Å². The van der Waals surface area contributed by atoms with Gasteiger partial charge in [-0.05, 0) is 36.1 Å². The van der Waals surface area contributed by atoms with Gasteiger partial charge in [0.15, 0.2) is 5.43 Å². The number of benzene rings is 1. The van der Waals surface area contributed by atoms with Gasteiger partial charge >= 0.3 is 0 Å². The highest BCUT2D eigenvalue weighted by Crippen LogP contribution is 2.28. The van der Waals surface area contributed by atoms with Crippen molar-refractivity contribution in [3.8, 4) is 0 Å². The largest absolute Gasteiger partial charge is 0.364 e. The number of hydrogen-bond acceptors (Lipinski definition) is 2. The Balaban J connectivity index is 1.95. The Morgan fingerprint density at radius 2 is 1.88 bits per heavy atom. The van der Waals surface area contributed by atoms with E-state index in [4.69, 9.17) is 0 Å². The van der Waals surface area contributed by atoms with Crippen LogP contribution in [0.15, 0.2) is 48.4 Å². The lowest BCUT2D eigenvalue weighted by atomic mass is 9.95. The Morgan fingerprint density at radius 1 is 1.23 bits per heavy atom. The molecule has 0 unspecified atom stereocenters. The molecular weight excluding hydrogens is 327 g/mol. The molecule has 2 aromatic rings. The predicted molar refractivity (Wildman–Crippen MR) is 105 cm³/mol. The molecule has 1 aromatic heterocycles. The zero-order valence-electron chi connectivity index (χ0n) is 15.7. The van der Waals surface area contributed by atoms with E-state index < -0.39 is 0 Å². The Labute approximate surface area is 154 Å². The van der Waals surface area contributed by atoms with Gasteiger partial charge in [-0.25, -0.2) is 4.39 Å². The zero-order chi connectivity index (χ0) is 19.0. The van der Waals surface area contributed by atoms with Gasteiger partial charge in [-0.3, -0.25) is 4.79 Å². The number of rotatable bonds is 4. The first-order chi connectivity index (χ1) is 12.3. The van der Waals surface area contributed by atoms with Gasteiger partial charge in [0.25, 0.3) is 0 Å². The lowest BCUT2D eigenvalue weighted by Gasteiger charge is -2.35. The summed E-state index contributed by atoms with van der Waals surface area (Å²) in [5, 5.41) is 0. The Hall–Kier alpha value is -2.62. The van der Waals surface area contributed by atoms with Crippen molar-refractivity contribution in [1.29, 1.82) is 0 Å². The molecule has 0 atom stereocenters. The molecule has 0 N–H and O–H groups in total. The smallest absolute Gasteiger partial charge is 0.192 e. The van der Waals surface area contributed by atoms with E-state index in [1.165, 1.54) is 12.1 Å². The summed E-state index contributed by atoms with van der Waals surface area (Å²) in [5.74, 6) is -0.0145. The van der Waals surface area contributed by atoms with Crippen LogP contribution < -0.4 is 5.43 Å². The van der Waals surface area contributed by atoms with Gasteiger partial charge in [0.2, 0.25) is 0 Å². The van der Waals surface area contributed by atoms with Crippen LogP contribution in [0.3, 0.4) is 0 Å². The number of aromatic nitrogens is 1. The second-order valence-electron chi connectivity index (χ2n) is 7.21. The first-order valence-corrected chi connectivity index (χ1v) is 8.91. The fourth-order valence-corrected chi connectivity index (χ4v) is 3.40. The van der Waals surface area contributed by atoms with Gasteiger partial charge < -0.3 is 9.47 Å². The number of hydrogen-bond donors (Lipinski definition) is 0. The Kier molecular flexibility index (Phi) is 4.86. The number of nitrogens with zero attached hydrogens (tertiary/aromatic N) is 2. The highest BCUT2D eigenvalue weighted by Gasteiger charge is 2.24. The first-order valence-electron chi connectivity index (χ1n) is 8.91. The van der Waals surface area contributed by atoms with Crippen LogP contribution >= 0.6 is 0 Å². The maximum absolute atomic E-state index is 13.1. The predicted octanol–water partition coefficient (Wildman–Crippen LogP) is 4.45. The van der Waals surface area contributed by atoms with Gasteiger partial charge in [-0.1, -0.05) is 39.1 Å². The third kappa shape index (κ3) is 3.24. The van der Waals surface area contributed by atoms with Gasteiger partial charge in [0.05, 0.1) is 11.4 Å². The van der Waals surface area contributed by atoms with Crippen LogP contribution in [0.1, 0.15) is 36.2 Å². The van der Waals surface area contributed by atoms with E-state index in [1.807, 2.05) is 27.0 Å². The number of allylic oxidation sites excluding steroid dienone is 1. The highest BCUT2D eigenvalue weighted by atomic mass is 19.1. The molecule has 0 amide bonds. The fraction of sp³-hybridized carbons (Fsp3) is 0.318. The van der Waals surface area contributed by atoms with Crippen molar-refractivity contribution < 1.29 is 4.39 Å². The summed E-state index contributed by atoms with van der Waals surface area (Å²) in [7, 11) is 0. The normalized spacial score (nSPS) is 13.9. The molecule has 3 rings (SSSR count). The summed E-state index contributed by atoms with van der Waals surface area (Å²) in [6.07, 6.45) is 1.92. The summed E-state index contributed by atoms with van der Waals surface area (Å²) in [4.78, 5) is 15.0. The standard InChI is InChI=1S/C22H25FN2O/c1-14(2)15(3)20-13-25-11-10-24(12-18-6-8-19(23)9-7-18)17(5)21(25)16(4)22(20)26/h6-9,13-14H,3,5,10-12H2,1-2,4H3. The summed E-state index contributed by atoms with van der Waals surface area (Å²) in [6.45, 7) is 16.5. The molecule has 1 aromatic carbocycles. The maximum atomic E-state index is 13.1. The summed E-state index contributed by atoms with van der Waals surface area (Å²) in [6, 6.07) is 6.50. The highest BCUT2D eigenvalue weighted by molar-refractivity contribution is 5.69. The molecule has 1 aliphatic heterocycles. The van der Waals surface area contributed by atoms with Gasteiger partial charge in [-0.15, -0.1) is 0 Å². The average Bonchev–Trinajstić information content (AvgIpc) is 2.61. The molecule has 0 aliphatic carbocycles. The SMILES string of the molecule is C=C(c1cn2c(c(C)c1=O)C(=C)N(Cc1ccc(F)cc1)CC2)C(C)C. The van der Waals surface area contributed by atoms with Crippen LogP contribution in [0.25, 0.3) is 11.3 Å². The van der Waals surface area contributed by atoms with Gasteiger partial charge in [0.1, 0.15) is 5.82 Å². The molecule has 0 spiro atoms. The molecule has 0 radical (unpaired) electrons. The van der Waals surface area contributed by atoms with Crippen molar-refractivity contribution in [2.75, 3.05) is 6.54 Å². The van der Waals surface area contributed by atoms with Gasteiger partial charge in [0, 0.05) is 37.0 Å². The van der Waals surface area contributed by atoms with Crippen LogP contribution in [0.5, 0.6) is 0 Å². The van der Waals surface area contributed by atoms with Crippen LogP contribution in [0, 0.1) is 18.7 Å². The monoisotopic (exact) mass is 352 g/mol. The molecular formula is C22H25FN2O. The van der Waals surface area contributed by atoms with Gasteiger partial charge in [-0.2, -0.15) is 0 Å². The topological polar surface area (TPSA) is 25.2 Å². The molecule has 0 saturated carbocycles. The van der Waals surface area contributed by atoms with Crippen LogP contribution in [0.2, 0.25) is 0 Å². The van der Waals surface area contributed by atoms with Crippen molar-refractivity contribution in [2.24, 2.45) is 5.92 Å². The first kappa shape index (κ1) is 18.2. The fourth-order valence-electron chi connectivity index (χ4n) is 3.40. The van der Waals surface area contributed by atoms with Crippen molar-refractivity contribution in [1.82, 2.24) is 9.47 Å². The number of fused-ring (bicyclic) bond motifs is 1. The minimum absolute atomic E-state index is 0.0275. The molecule has 136 valence electrons. The Bertz CT molecular complexity index is 922. The van der Waals surface area contributed by atoms with Crippen LogP contribution in [-0.2, 0) is 13.1 Å². The molecule has 26 heavy (non-hydrogen) atoms. The summed E-state index contributed by atoms with van der Waals surface area (Å²) >= 11 is 0. The van der Waals surface area contributed by atoms with E-state index >= 15 is 0 Å². The minimum Gasteiger partial charge on any atom is -0.364 e. The minimum atomic E-state index is -0.239. The summed E-state index contributed by atoms with van der Waals surface area (Å²) in [5.41, 5.74) is 5.03. The third-order valence-electron chi connectivity index (χ3n) is 5.11. The van der Waals surface area contributed by atoms with E-state index in [-0.39, 0.29) is 17.2 Å². The van der Waals surface area contributed by atoms with E-state index in [2.05, 4.69) is 22.6 Å². The summed E-state index contributed by atoms with van der Waals surface area (Å²) < 4.78 is 15.2. The second-order valence-corrected chi connectivity index (χ2v) is 7.21. The average molecular weight is 352 g/mol. The third-order valence-corrected chi connectivity index (χ3v) is 5.11.